The quantitative estimate of drug-likeness (QED) is 0.183. The van der Waals surface area contributed by atoms with E-state index in [1.807, 2.05) is 0 Å². The van der Waals surface area contributed by atoms with E-state index in [-0.39, 0.29) is 21.7 Å². The number of carbonyl (C=O) groups is 2. The Labute approximate surface area is 264 Å². The van der Waals surface area contributed by atoms with Gasteiger partial charge in [0, 0.05) is 27.2 Å². The molecule has 4 rings (SSSR count). The Bertz CT molecular complexity index is 1730. The van der Waals surface area contributed by atoms with Crippen molar-refractivity contribution in [3.8, 4) is 0 Å². The molecule has 0 heterocycles. The number of anilines is 1. The lowest BCUT2D eigenvalue weighted by molar-refractivity contribution is -0.137. The monoisotopic (exact) mass is 736 g/mol. The van der Waals surface area contributed by atoms with E-state index in [1.54, 1.807) is 67.6 Å². The van der Waals surface area contributed by atoms with Gasteiger partial charge in [0.2, 0.25) is 5.91 Å². The Morgan fingerprint density at radius 2 is 1.44 bits per heavy atom. The van der Waals surface area contributed by atoms with Crippen molar-refractivity contribution in [3.05, 3.63) is 128 Å². The molecule has 6 nitrogen and oxygen atoms in total. The van der Waals surface area contributed by atoms with Gasteiger partial charge in [-0.1, -0.05) is 79.9 Å². The molecule has 43 heavy (non-hydrogen) atoms. The first-order chi connectivity index (χ1) is 20.2. The fourth-order valence-electron chi connectivity index (χ4n) is 4.41. The summed E-state index contributed by atoms with van der Waals surface area (Å²) in [6.07, 6.45) is -5.35. The van der Waals surface area contributed by atoms with E-state index in [9.17, 15) is 31.2 Å². The fraction of sp³-hybridized carbons (Fsp3) is 0.161. The molecule has 2 amide bonds. The molecule has 0 aliphatic heterocycles. The summed E-state index contributed by atoms with van der Waals surface area (Å²) in [5.41, 5.74) is 0.293. The smallest absolute Gasteiger partial charge is 0.300 e. The highest BCUT2D eigenvalue weighted by Gasteiger charge is 2.36. The molecular weight excluding hydrogens is 713 g/mol. The first-order valence-corrected chi connectivity index (χ1v) is 15.8. The number of halogens is 5. The zero-order chi connectivity index (χ0) is 31.5. The van der Waals surface area contributed by atoms with Crippen LogP contribution in [0.25, 0.3) is 0 Å². The molecule has 0 aliphatic carbocycles. The van der Waals surface area contributed by atoms with Crippen LogP contribution in [0.1, 0.15) is 39.5 Å². The largest absolute Gasteiger partial charge is 0.416 e. The SMILES string of the molecule is Cc1ccc(S(=O)(=O)N(C)C(=O)C[C@H](c2cccc(C(F)(F)F)c2)N(C(=O)c2ccccc2)c2cc(Br)cc(Br)c2)cc1. The second kappa shape index (κ2) is 13.0. The lowest BCUT2D eigenvalue weighted by atomic mass is 9.97. The fourth-order valence-corrected chi connectivity index (χ4v) is 6.82. The van der Waals surface area contributed by atoms with Crippen molar-refractivity contribution >= 4 is 59.4 Å². The van der Waals surface area contributed by atoms with Gasteiger partial charge < -0.3 is 4.90 Å². The van der Waals surface area contributed by atoms with Gasteiger partial charge in [0.25, 0.3) is 15.9 Å². The van der Waals surface area contributed by atoms with Gasteiger partial charge in [0.05, 0.1) is 22.9 Å². The molecule has 0 bridgehead atoms. The summed E-state index contributed by atoms with van der Waals surface area (Å²) in [7, 11) is -3.22. The molecule has 0 N–H and O–H groups in total. The molecular formula is C31H25Br2F3N2O4S. The van der Waals surface area contributed by atoms with E-state index in [4.69, 9.17) is 0 Å². The van der Waals surface area contributed by atoms with E-state index < -0.39 is 46.0 Å². The van der Waals surface area contributed by atoms with Crippen molar-refractivity contribution < 1.29 is 31.2 Å². The predicted molar refractivity (Wildman–Crippen MR) is 165 cm³/mol. The number of nitrogens with zero attached hydrogens (tertiary/aromatic N) is 2. The van der Waals surface area contributed by atoms with Crippen LogP contribution in [0.4, 0.5) is 18.9 Å². The maximum absolute atomic E-state index is 14.1. The van der Waals surface area contributed by atoms with E-state index in [0.29, 0.717) is 13.3 Å². The summed E-state index contributed by atoms with van der Waals surface area (Å²) in [4.78, 5) is 28.9. The molecule has 0 aromatic heterocycles. The molecule has 0 spiro atoms. The lowest BCUT2D eigenvalue weighted by Gasteiger charge is -2.33. The molecule has 0 unspecified atom stereocenters. The first-order valence-electron chi connectivity index (χ1n) is 12.8. The number of rotatable bonds is 8. The third kappa shape index (κ3) is 7.54. The van der Waals surface area contributed by atoms with Gasteiger partial charge in [-0.15, -0.1) is 0 Å². The van der Waals surface area contributed by atoms with Crippen molar-refractivity contribution in [1.82, 2.24) is 4.31 Å². The van der Waals surface area contributed by atoms with Crippen LogP contribution in [0.2, 0.25) is 0 Å². The number of sulfonamides is 1. The summed E-state index contributed by atoms with van der Waals surface area (Å²) >= 11 is 6.78. The zero-order valence-corrected chi connectivity index (χ0v) is 26.8. The Morgan fingerprint density at radius 3 is 2.02 bits per heavy atom. The number of amides is 2. The standard InChI is InChI=1S/C31H25Br2F3N2O4S/c1-20-11-13-27(14-12-20)43(41,42)37(2)29(39)19-28(22-9-6-10-23(15-22)31(34,35)36)38(26-17-24(32)16-25(33)18-26)30(40)21-7-4-3-5-8-21/h3-18,28H,19H2,1-2H3/t28-/m1/s1. The van der Waals surface area contributed by atoms with Crippen LogP contribution in [-0.2, 0) is 21.0 Å². The molecule has 12 heteroatoms. The van der Waals surface area contributed by atoms with Crippen molar-refractivity contribution in [3.63, 3.8) is 0 Å². The first kappa shape index (κ1) is 32.4. The Balaban J connectivity index is 1.88. The Kier molecular flexibility index (Phi) is 9.83. The number of hydrogen-bond donors (Lipinski definition) is 0. The molecule has 4 aromatic rings. The number of benzene rings is 4. The summed E-state index contributed by atoms with van der Waals surface area (Å²) < 4.78 is 69.7. The second-order valence-corrected chi connectivity index (χ2v) is 13.5. The van der Waals surface area contributed by atoms with Crippen LogP contribution in [-0.4, -0.2) is 31.6 Å². The number of carbonyl (C=O) groups excluding carboxylic acids is 2. The molecule has 0 saturated heterocycles. The summed E-state index contributed by atoms with van der Waals surface area (Å²) in [6.45, 7) is 1.78. The van der Waals surface area contributed by atoms with Gasteiger partial charge in [-0.2, -0.15) is 13.2 Å². The molecule has 0 fully saturated rings. The molecule has 1 atom stereocenters. The summed E-state index contributed by atoms with van der Waals surface area (Å²) in [5, 5.41) is 0. The molecule has 0 saturated carbocycles. The van der Waals surface area contributed by atoms with Crippen LogP contribution in [0.15, 0.2) is 111 Å². The predicted octanol–water partition coefficient (Wildman–Crippen LogP) is 8.16. The molecule has 4 aromatic carbocycles. The topological polar surface area (TPSA) is 74.8 Å². The van der Waals surface area contributed by atoms with Crippen LogP contribution < -0.4 is 4.90 Å². The minimum atomic E-state index is -4.71. The van der Waals surface area contributed by atoms with Crippen molar-refractivity contribution in [2.75, 3.05) is 11.9 Å². The minimum absolute atomic E-state index is 0.00955. The van der Waals surface area contributed by atoms with Gasteiger partial charge in [0.15, 0.2) is 0 Å². The van der Waals surface area contributed by atoms with E-state index in [0.717, 1.165) is 24.7 Å². The van der Waals surface area contributed by atoms with Crippen molar-refractivity contribution in [1.29, 1.82) is 0 Å². The van der Waals surface area contributed by atoms with E-state index in [2.05, 4.69) is 31.9 Å². The summed E-state index contributed by atoms with van der Waals surface area (Å²) in [5.74, 6) is -1.53. The maximum atomic E-state index is 14.1. The Morgan fingerprint density at radius 1 is 0.837 bits per heavy atom. The number of hydrogen-bond acceptors (Lipinski definition) is 4. The zero-order valence-electron chi connectivity index (χ0n) is 22.8. The van der Waals surface area contributed by atoms with E-state index >= 15 is 0 Å². The second-order valence-electron chi connectivity index (χ2n) is 9.69. The average molecular weight is 738 g/mol. The van der Waals surface area contributed by atoms with Crippen LogP contribution in [0.3, 0.4) is 0 Å². The molecule has 0 radical (unpaired) electrons. The average Bonchev–Trinajstić information content (AvgIpc) is 2.96. The molecule has 0 aliphatic rings. The van der Waals surface area contributed by atoms with Crippen LogP contribution in [0.5, 0.6) is 0 Å². The van der Waals surface area contributed by atoms with Gasteiger partial charge >= 0.3 is 6.18 Å². The highest BCUT2D eigenvalue weighted by Crippen LogP contribution is 2.38. The van der Waals surface area contributed by atoms with Gasteiger partial charge in [0.1, 0.15) is 0 Å². The third-order valence-corrected chi connectivity index (χ3v) is 9.38. The highest BCUT2D eigenvalue weighted by molar-refractivity contribution is 9.11. The maximum Gasteiger partial charge on any atom is 0.416 e. The van der Waals surface area contributed by atoms with Crippen molar-refractivity contribution in [2.24, 2.45) is 0 Å². The van der Waals surface area contributed by atoms with E-state index in [1.165, 1.54) is 29.2 Å². The van der Waals surface area contributed by atoms with Gasteiger partial charge in [-0.05, 0) is 67.1 Å². The van der Waals surface area contributed by atoms with Gasteiger partial charge in [-0.3, -0.25) is 9.59 Å². The van der Waals surface area contributed by atoms with Crippen LogP contribution >= 0.6 is 31.9 Å². The lowest BCUT2D eigenvalue weighted by Crippen LogP contribution is -2.40. The number of aryl methyl sites for hydroxylation is 1. The summed E-state index contributed by atoms with van der Waals surface area (Å²) in [6, 6.07) is 21.8. The van der Waals surface area contributed by atoms with Crippen molar-refractivity contribution in [2.45, 2.75) is 30.5 Å². The van der Waals surface area contributed by atoms with Crippen LogP contribution in [0, 0.1) is 6.92 Å². The highest BCUT2D eigenvalue weighted by atomic mass is 79.9. The Hall–Kier alpha value is -3.48. The molecule has 224 valence electrons. The number of alkyl halides is 3. The minimum Gasteiger partial charge on any atom is -0.300 e. The third-order valence-electron chi connectivity index (χ3n) is 6.67. The van der Waals surface area contributed by atoms with Gasteiger partial charge in [-0.25, -0.2) is 12.7 Å². The normalized spacial score (nSPS) is 12.4.